The van der Waals surface area contributed by atoms with Gasteiger partial charge in [-0.3, -0.25) is 14.8 Å². The van der Waals surface area contributed by atoms with Crippen molar-refractivity contribution in [2.45, 2.75) is 26.1 Å². The van der Waals surface area contributed by atoms with Gasteiger partial charge in [0.05, 0.1) is 11.6 Å². The highest BCUT2D eigenvalue weighted by Crippen LogP contribution is 2.34. The van der Waals surface area contributed by atoms with Crippen molar-refractivity contribution in [3.8, 4) is 11.4 Å². The number of nitrogens with one attached hydrogen (secondary N) is 2. The molecule has 0 fully saturated rings. The van der Waals surface area contributed by atoms with Crippen molar-refractivity contribution in [2.24, 2.45) is 0 Å². The van der Waals surface area contributed by atoms with Crippen molar-refractivity contribution in [1.82, 2.24) is 20.1 Å². The second-order valence-corrected chi connectivity index (χ2v) is 5.67. The van der Waals surface area contributed by atoms with Crippen LogP contribution in [0.2, 0.25) is 0 Å². The number of amides is 1. The van der Waals surface area contributed by atoms with E-state index in [-0.39, 0.29) is 17.1 Å². The molecule has 0 saturated heterocycles. The molecule has 130 valence electrons. The van der Waals surface area contributed by atoms with E-state index in [4.69, 9.17) is 0 Å². The van der Waals surface area contributed by atoms with Crippen LogP contribution in [0.4, 0.5) is 18.9 Å². The van der Waals surface area contributed by atoms with Gasteiger partial charge in [-0.2, -0.15) is 18.3 Å². The number of hydrogen-bond donors (Lipinski definition) is 2. The number of nitrogens with zero attached hydrogens (tertiary/aromatic N) is 3. The molecule has 1 aromatic heterocycles. The lowest BCUT2D eigenvalue weighted by Crippen LogP contribution is -2.37. The molecule has 0 aliphatic carbocycles. The van der Waals surface area contributed by atoms with Gasteiger partial charge in [-0.15, -0.1) is 0 Å². The third-order valence-electron chi connectivity index (χ3n) is 3.54. The standard InChI is InChI=1S/C15H18F3N5O/c1-8(23(3)4)14(24)20-12-6-10(13-19-9(2)21-22-13)5-11(7-12)15(16,17)18/h5-8H,1-4H3,(H,20,24)(H,19,21,22)/t8-/m0/s1. The fourth-order valence-corrected chi connectivity index (χ4v) is 1.95. The Balaban J connectivity index is 2.42. The van der Waals surface area contributed by atoms with Crippen molar-refractivity contribution in [3.05, 3.63) is 29.6 Å². The number of carbonyl (C=O) groups is 1. The molecule has 1 amide bonds. The summed E-state index contributed by atoms with van der Waals surface area (Å²) in [5.74, 6) is 0.209. The Morgan fingerprint density at radius 3 is 2.46 bits per heavy atom. The molecular formula is C15H18F3N5O. The number of aromatic nitrogens is 3. The summed E-state index contributed by atoms with van der Waals surface area (Å²) in [5, 5.41) is 8.96. The molecule has 0 unspecified atom stereocenters. The SMILES string of the molecule is Cc1nc(-c2cc(NC(=O)[C@H](C)N(C)C)cc(C(F)(F)F)c2)n[nH]1. The van der Waals surface area contributed by atoms with Crippen molar-refractivity contribution in [1.29, 1.82) is 0 Å². The molecule has 0 saturated carbocycles. The lowest BCUT2D eigenvalue weighted by Gasteiger charge is -2.19. The molecular weight excluding hydrogens is 323 g/mol. The summed E-state index contributed by atoms with van der Waals surface area (Å²) in [6, 6.07) is 2.77. The van der Waals surface area contributed by atoms with Crippen LogP contribution in [-0.4, -0.2) is 46.1 Å². The molecule has 1 aromatic carbocycles. The topological polar surface area (TPSA) is 73.9 Å². The fourth-order valence-electron chi connectivity index (χ4n) is 1.95. The first kappa shape index (κ1) is 17.9. The molecule has 2 N–H and O–H groups in total. The molecule has 24 heavy (non-hydrogen) atoms. The van der Waals surface area contributed by atoms with Crippen molar-refractivity contribution in [2.75, 3.05) is 19.4 Å². The first-order valence-corrected chi connectivity index (χ1v) is 7.17. The Labute approximate surface area is 137 Å². The van der Waals surface area contributed by atoms with Gasteiger partial charge in [0.1, 0.15) is 5.82 Å². The number of aryl methyl sites for hydroxylation is 1. The molecule has 6 nitrogen and oxygen atoms in total. The average molecular weight is 341 g/mol. The maximum atomic E-state index is 13.1. The smallest absolute Gasteiger partial charge is 0.325 e. The van der Waals surface area contributed by atoms with Gasteiger partial charge < -0.3 is 5.32 Å². The van der Waals surface area contributed by atoms with Gasteiger partial charge in [0.2, 0.25) is 5.91 Å². The van der Waals surface area contributed by atoms with E-state index in [0.717, 1.165) is 12.1 Å². The molecule has 1 heterocycles. The lowest BCUT2D eigenvalue weighted by atomic mass is 10.1. The average Bonchev–Trinajstić information content (AvgIpc) is 2.91. The van der Waals surface area contributed by atoms with Crippen molar-refractivity contribution in [3.63, 3.8) is 0 Å². The fraction of sp³-hybridized carbons (Fsp3) is 0.400. The van der Waals surface area contributed by atoms with Gasteiger partial charge in [0.15, 0.2) is 5.82 Å². The van der Waals surface area contributed by atoms with Crippen LogP contribution in [0.5, 0.6) is 0 Å². The Hall–Kier alpha value is -2.42. The minimum absolute atomic E-state index is 0.0426. The number of anilines is 1. The molecule has 0 aliphatic heterocycles. The van der Waals surface area contributed by atoms with E-state index in [1.54, 1.807) is 32.8 Å². The second kappa shape index (κ2) is 6.60. The highest BCUT2D eigenvalue weighted by molar-refractivity contribution is 5.95. The summed E-state index contributed by atoms with van der Waals surface area (Å²) >= 11 is 0. The number of rotatable bonds is 4. The Morgan fingerprint density at radius 2 is 1.96 bits per heavy atom. The zero-order valence-electron chi connectivity index (χ0n) is 13.7. The number of likely N-dealkylation sites (N-methyl/N-ethyl adjacent to an activating group) is 1. The zero-order valence-corrected chi connectivity index (χ0v) is 13.7. The number of alkyl halides is 3. The summed E-state index contributed by atoms with van der Waals surface area (Å²) in [5.41, 5.74) is -0.668. The van der Waals surface area contributed by atoms with Crippen LogP contribution in [-0.2, 0) is 11.0 Å². The molecule has 1 atom stereocenters. The van der Waals surface area contributed by atoms with Crippen LogP contribution in [0.25, 0.3) is 11.4 Å². The third-order valence-corrected chi connectivity index (χ3v) is 3.54. The summed E-state index contributed by atoms with van der Waals surface area (Å²) in [7, 11) is 3.41. The van der Waals surface area contributed by atoms with Crippen LogP contribution in [0.1, 0.15) is 18.3 Å². The second-order valence-electron chi connectivity index (χ2n) is 5.67. The van der Waals surface area contributed by atoms with Crippen LogP contribution in [0.3, 0.4) is 0 Å². The molecule has 9 heteroatoms. The van der Waals surface area contributed by atoms with Gasteiger partial charge in [-0.25, -0.2) is 4.98 Å². The predicted molar refractivity (Wildman–Crippen MR) is 83.3 cm³/mol. The molecule has 0 aliphatic rings. The van der Waals surface area contributed by atoms with E-state index in [2.05, 4.69) is 20.5 Å². The van der Waals surface area contributed by atoms with Gasteiger partial charge in [-0.05, 0) is 46.1 Å². The maximum Gasteiger partial charge on any atom is 0.416 e. The first-order chi connectivity index (χ1) is 11.1. The summed E-state index contributed by atoms with van der Waals surface area (Å²) in [6.45, 7) is 3.30. The summed E-state index contributed by atoms with van der Waals surface area (Å²) in [6.07, 6.45) is -4.55. The third kappa shape index (κ3) is 4.10. The van der Waals surface area contributed by atoms with Crippen molar-refractivity contribution >= 4 is 11.6 Å². The van der Waals surface area contributed by atoms with E-state index in [1.165, 1.54) is 6.07 Å². The molecule has 2 rings (SSSR count). The predicted octanol–water partition coefficient (Wildman–Crippen LogP) is 2.69. The normalized spacial score (nSPS) is 13.2. The van der Waals surface area contributed by atoms with Crippen LogP contribution < -0.4 is 5.32 Å². The molecule has 0 radical (unpaired) electrons. The Kier molecular flexibility index (Phi) is 4.93. The summed E-state index contributed by atoms with van der Waals surface area (Å²) < 4.78 is 39.4. The quantitative estimate of drug-likeness (QED) is 0.897. The molecule has 2 aromatic rings. The summed E-state index contributed by atoms with van der Waals surface area (Å²) in [4.78, 5) is 17.8. The minimum Gasteiger partial charge on any atom is -0.325 e. The van der Waals surface area contributed by atoms with E-state index >= 15 is 0 Å². The van der Waals surface area contributed by atoms with Gasteiger partial charge >= 0.3 is 6.18 Å². The highest BCUT2D eigenvalue weighted by Gasteiger charge is 2.32. The first-order valence-electron chi connectivity index (χ1n) is 7.17. The minimum atomic E-state index is -4.55. The number of halogens is 3. The van der Waals surface area contributed by atoms with E-state index in [1.807, 2.05) is 0 Å². The lowest BCUT2D eigenvalue weighted by molar-refractivity contribution is -0.137. The highest BCUT2D eigenvalue weighted by atomic mass is 19.4. The van der Waals surface area contributed by atoms with Gasteiger partial charge in [-0.1, -0.05) is 0 Å². The Bertz CT molecular complexity index is 739. The molecule has 0 bridgehead atoms. The van der Waals surface area contributed by atoms with E-state index in [0.29, 0.717) is 5.82 Å². The molecule has 0 spiro atoms. The Morgan fingerprint density at radius 1 is 1.29 bits per heavy atom. The van der Waals surface area contributed by atoms with Crippen LogP contribution in [0, 0.1) is 6.92 Å². The van der Waals surface area contributed by atoms with Gasteiger partial charge in [0.25, 0.3) is 0 Å². The largest absolute Gasteiger partial charge is 0.416 e. The zero-order chi connectivity index (χ0) is 18.1. The van der Waals surface area contributed by atoms with Crippen molar-refractivity contribution < 1.29 is 18.0 Å². The van der Waals surface area contributed by atoms with E-state index < -0.39 is 23.7 Å². The van der Waals surface area contributed by atoms with Crippen LogP contribution in [0.15, 0.2) is 18.2 Å². The number of carbonyl (C=O) groups excluding carboxylic acids is 1. The number of aromatic amines is 1. The van der Waals surface area contributed by atoms with Gasteiger partial charge in [0, 0.05) is 11.3 Å². The monoisotopic (exact) mass is 341 g/mol. The van der Waals surface area contributed by atoms with E-state index in [9.17, 15) is 18.0 Å². The maximum absolute atomic E-state index is 13.1. The van der Waals surface area contributed by atoms with Crippen LogP contribution >= 0.6 is 0 Å². The number of hydrogen-bond acceptors (Lipinski definition) is 4. The number of benzene rings is 1. The number of H-pyrrole nitrogens is 1.